The van der Waals surface area contributed by atoms with Crippen LogP contribution in [0.25, 0.3) is 0 Å². The van der Waals surface area contributed by atoms with E-state index in [-0.39, 0.29) is 24.4 Å². The molecule has 2 N–H and O–H groups in total. The Labute approximate surface area is 172 Å². The zero-order valence-corrected chi connectivity index (χ0v) is 17.6. The molecule has 0 aromatic heterocycles. The number of carboxylic acid groups (broad SMARTS) is 1. The van der Waals surface area contributed by atoms with Gasteiger partial charge in [0.2, 0.25) is 10.0 Å². The van der Waals surface area contributed by atoms with Crippen molar-refractivity contribution in [2.24, 2.45) is 0 Å². The largest absolute Gasteiger partial charge is 0.481 e. The molecule has 3 rings (SSSR count). The SMILES string of the molecule is Cc1cccc(CCS(=O)(=O)NC2=C(CC=CCCCC(=O)O)C3CCC2O3)c1. The molecule has 0 amide bonds. The van der Waals surface area contributed by atoms with Gasteiger partial charge in [0, 0.05) is 6.42 Å². The summed E-state index contributed by atoms with van der Waals surface area (Å²) in [6, 6.07) is 7.89. The van der Waals surface area contributed by atoms with E-state index in [2.05, 4.69) is 4.72 Å². The van der Waals surface area contributed by atoms with Crippen LogP contribution < -0.4 is 4.72 Å². The molecule has 2 bridgehead atoms. The average Bonchev–Trinajstić information content (AvgIpc) is 3.25. The van der Waals surface area contributed by atoms with Gasteiger partial charge < -0.3 is 9.84 Å². The van der Waals surface area contributed by atoms with Crippen LogP contribution in [-0.4, -0.2) is 37.5 Å². The molecule has 29 heavy (non-hydrogen) atoms. The zero-order valence-electron chi connectivity index (χ0n) is 16.8. The van der Waals surface area contributed by atoms with Gasteiger partial charge in [0.05, 0.1) is 23.7 Å². The molecule has 6 nitrogen and oxygen atoms in total. The number of hydrogen-bond donors (Lipinski definition) is 2. The molecule has 2 atom stereocenters. The molecule has 0 spiro atoms. The molecule has 7 heteroatoms. The van der Waals surface area contributed by atoms with E-state index >= 15 is 0 Å². The number of allylic oxidation sites excluding steroid dienone is 2. The highest BCUT2D eigenvalue weighted by molar-refractivity contribution is 7.89. The number of aliphatic carboxylic acids is 1. The van der Waals surface area contributed by atoms with Gasteiger partial charge in [-0.1, -0.05) is 42.0 Å². The van der Waals surface area contributed by atoms with Crippen molar-refractivity contribution >= 4 is 16.0 Å². The van der Waals surface area contributed by atoms with E-state index in [9.17, 15) is 13.2 Å². The third-order valence-corrected chi connectivity index (χ3v) is 6.62. The number of hydrogen-bond acceptors (Lipinski definition) is 4. The molecule has 2 aliphatic rings. The molecule has 0 saturated carbocycles. The number of sulfonamides is 1. The van der Waals surface area contributed by atoms with Gasteiger partial charge in [-0.2, -0.15) is 0 Å². The van der Waals surface area contributed by atoms with E-state index in [1.54, 1.807) is 0 Å². The van der Waals surface area contributed by atoms with Crippen LogP contribution in [0, 0.1) is 6.92 Å². The van der Waals surface area contributed by atoms with Crippen LogP contribution in [0.1, 0.15) is 49.7 Å². The summed E-state index contributed by atoms with van der Waals surface area (Å²) in [4.78, 5) is 10.6. The Morgan fingerprint density at radius 1 is 1.28 bits per heavy atom. The van der Waals surface area contributed by atoms with Crippen LogP contribution in [0.4, 0.5) is 0 Å². The lowest BCUT2D eigenvalue weighted by Crippen LogP contribution is -2.32. The van der Waals surface area contributed by atoms with Gasteiger partial charge in [0.25, 0.3) is 0 Å². The summed E-state index contributed by atoms with van der Waals surface area (Å²) in [5.74, 6) is -0.750. The first-order valence-electron chi connectivity index (χ1n) is 10.2. The molecule has 2 heterocycles. The highest BCUT2D eigenvalue weighted by atomic mass is 32.2. The van der Waals surface area contributed by atoms with Gasteiger partial charge in [0.1, 0.15) is 0 Å². The summed E-state index contributed by atoms with van der Waals surface area (Å²) in [7, 11) is -3.46. The first-order valence-corrected chi connectivity index (χ1v) is 11.8. The number of aryl methyl sites for hydroxylation is 2. The lowest BCUT2D eigenvalue weighted by atomic mass is 9.94. The summed E-state index contributed by atoms with van der Waals surface area (Å²) >= 11 is 0. The van der Waals surface area contributed by atoms with Crippen molar-refractivity contribution in [1.29, 1.82) is 0 Å². The molecule has 2 unspecified atom stereocenters. The van der Waals surface area contributed by atoms with Gasteiger partial charge in [-0.3, -0.25) is 9.52 Å². The summed E-state index contributed by atoms with van der Waals surface area (Å²) < 4.78 is 34.1. The Balaban J connectivity index is 1.60. The van der Waals surface area contributed by atoms with E-state index in [0.717, 1.165) is 29.5 Å². The molecule has 1 aromatic carbocycles. The molecular weight excluding hydrogens is 390 g/mol. The summed E-state index contributed by atoms with van der Waals surface area (Å²) in [6.45, 7) is 2.00. The van der Waals surface area contributed by atoms with Crippen molar-refractivity contribution in [2.45, 2.75) is 64.1 Å². The van der Waals surface area contributed by atoms with Crippen molar-refractivity contribution in [1.82, 2.24) is 4.72 Å². The Morgan fingerprint density at radius 2 is 2.07 bits per heavy atom. The van der Waals surface area contributed by atoms with E-state index in [4.69, 9.17) is 9.84 Å². The average molecular weight is 420 g/mol. The second kappa shape index (κ2) is 9.59. The topological polar surface area (TPSA) is 92.7 Å². The highest BCUT2D eigenvalue weighted by Crippen LogP contribution is 2.40. The Hall–Kier alpha value is -2.12. The summed E-state index contributed by atoms with van der Waals surface area (Å²) in [5.41, 5.74) is 3.85. The van der Waals surface area contributed by atoms with E-state index in [1.165, 1.54) is 0 Å². The van der Waals surface area contributed by atoms with Crippen LogP contribution in [-0.2, 0) is 26.0 Å². The highest BCUT2D eigenvalue weighted by Gasteiger charge is 2.41. The molecular formula is C22H29NO5S. The first kappa shape index (κ1) is 21.6. The second-order valence-corrected chi connectivity index (χ2v) is 9.59. The molecule has 0 aliphatic carbocycles. The standard InChI is InChI=1S/C22H29NO5S/c1-16-7-6-8-17(15-16)13-14-29(26,27)23-22-18(19-11-12-20(22)28-19)9-4-2-3-5-10-21(24)25/h2,4,6-8,15,19-20,23H,3,5,9-14H2,1H3,(H,24,25). The monoisotopic (exact) mass is 419 g/mol. The van der Waals surface area contributed by atoms with Crippen LogP contribution in [0.3, 0.4) is 0 Å². The quantitative estimate of drug-likeness (QED) is 0.423. The number of fused-ring (bicyclic) bond motifs is 2. The number of unbranched alkanes of at least 4 members (excludes halogenated alkanes) is 1. The molecule has 1 aromatic rings. The van der Waals surface area contributed by atoms with Crippen LogP contribution in [0.2, 0.25) is 0 Å². The maximum Gasteiger partial charge on any atom is 0.303 e. The van der Waals surface area contributed by atoms with Gasteiger partial charge in [-0.05, 0) is 56.6 Å². The van der Waals surface area contributed by atoms with Gasteiger partial charge in [-0.25, -0.2) is 8.42 Å². The lowest BCUT2D eigenvalue weighted by molar-refractivity contribution is -0.137. The normalized spacial score (nSPS) is 21.3. The molecule has 0 radical (unpaired) electrons. The van der Waals surface area contributed by atoms with Crippen LogP contribution in [0.5, 0.6) is 0 Å². The van der Waals surface area contributed by atoms with Gasteiger partial charge >= 0.3 is 5.97 Å². The predicted octanol–water partition coefficient (Wildman–Crippen LogP) is 3.47. The fourth-order valence-electron chi connectivity index (χ4n) is 3.90. The molecule has 2 aliphatic heterocycles. The van der Waals surface area contributed by atoms with E-state index in [0.29, 0.717) is 31.4 Å². The minimum absolute atomic E-state index is 0.0156. The molecule has 158 valence electrons. The fourth-order valence-corrected chi connectivity index (χ4v) is 5.10. The van der Waals surface area contributed by atoms with E-state index < -0.39 is 16.0 Å². The number of benzene rings is 1. The maximum absolute atomic E-state index is 12.7. The smallest absolute Gasteiger partial charge is 0.303 e. The van der Waals surface area contributed by atoms with Crippen molar-refractivity contribution in [2.75, 3.05) is 5.75 Å². The number of nitrogens with one attached hydrogen (secondary N) is 1. The van der Waals surface area contributed by atoms with Crippen molar-refractivity contribution in [3.63, 3.8) is 0 Å². The van der Waals surface area contributed by atoms with Crippen molar-refractivity contribution in [3.8, 4) is 0 Å². The molecule has 1 saturated heterocycles. The summed E-state index contributed by atoms with van der Waals surface area (Å²) in [6.07, 6.45) is 8.09. The van der Waals surface area contributed by atoms with E-state index in [1.807, 2.05) is 43.3 Å². The first-order chi connectivity index (χ1) is 13.8. The van der Waals surface area contributed by atoms with Crippen LogP contribution >= 0.6 is 0 Å². The van der Waals surface area contributed by atoms with Gasteiger partial charge in [0.15, 0.2) is 0 Å². The minimum Gasteiger partial charge on any atom is -0.481 e. The zero-order chi connectivity index (χ0) is 20.9. The third kappa shape index (κ3) is 6.18. The maximum atomic E-state index is 12.7. The minimum atomic E-state index is -3.46. The van der Waals surface area contributed by atoms with Gasteiger partial charge in [-0.15, -0.1) is 0 Å². The number of carboxylic acids is 1. The van der Waals surface area contributed by atoms with Crippen molar-refractivity contribution < 1.29 is 23.1 Å². The lowest BCUT2D eigenvalue weighted by Gasteiger charge is -2.18. The Kier molecular flexibility index (Phi) is 7.14. The number of ether oxygens (including phenoxy) is 1. The van der Waals surface area contributed by atoms with Crippen molar-refractivity contribution in [3.05, 3.63) is 58.8 Å². The Bertz CT molecular complexity index is 904. The summed E-state index contributed by atoms with van der Waals surface area (Å²) in [5, 5.41) is 8.67. The number of rotatable bonds is 11. The Morgan fingerprint density at radius 3 is 2.83 bits per heavy atom. The fraction of sp³-hybridized carbons (Fsp3) is 0.500. The third-order valence-electron chi connectivity index (χ3n) is 5.35. The van der Waals surface area contributed by atoms with Crippen LogP contribution in [0.15, 0.2) is 47.7 Å². The second-order valence-electron chi connectivity index (χ2n) is 7.75. The molecule has 1 fully saturated rings. The predicted molar refractivity (Wildman–Crippen MR) is 112 cm³/mol. The number of carbonyl (C=O) groups is 1.